The number of hydrogen-bond donors (Lipinski definition) is 3. The number of rotatable bonds is 5. The number of nitrogens with one attached hydrogen (secondary N) is 1. The van der Waals surface area contributed by atoms with E-state index in [9.17, 15) is 19.5 Å². The van der Waals surface area contributed by atoms with Crippen LogP contribution in [0, 0.1) is 5.92 Å². The highest BCUT2D eigenvalue weighted by Gasteiger charge is 2.55. The first-order valence-electron chi connectivity index (χ1n) is 8.36. The van der Waals surface area contributed by atoms with E-state index in [1.807, 2.05) is 4.90 Å². The van der Waals surface area contributed by atoms with Gasteiger partial charge in [-0.2, -0.15) is 4.98 Å². The Labute approximate surface area is 149 Å². The zero-order chi connectivity index (χ0) is 18.9. The van der Waals surface area contributed by atoms with Crippen LogP contribution < -0.4 is 10.2 Å². The van der Waals surface area contributed by atoms with Gasteiger partial charge < -0.3 is 25.3 Å². The average Bonchev–Trinajstić information content (AvgIpc) is 2.86. The fourth-order valence-electron chi connectivity index (χ4n) is 3.84. The molecule has 0 bridgehead atoms. The monoisotopic (exact) mass is 363 g/mol. The Kier molecular flexibility index (Phi) is 4.66. The summed E-state index contributed by atoms with van der Waals surface area (Å²) in [5.74, 6) is -1.90. The molecule has 10 nitrogen and oxygen atoms in total. The highest BCUT2D eigenvalue weighted by atomic mass is 16.4. The first-order valence-corrected chi connectivity index (χ1v) is 8.36. The van der Waals surface area contributed by atoms with E-state index in [0.717, 1.165) is 0 Å². The van der Waals surface area contributed by atoms with E-state index in [0.29, 0.717) is 37.7 Å². The molecule has 0 radical (unpaired) electrons. The molecular weight excluding hydrogens is 342 g/mol. The third kappa shape index (κ3) is 3.14. The van der Waals surface area contributed by atoms with Crippen molar-refractivity contribution in [3.8, 4) is 0 Å². The van der Waals surface area contributed by atoms with E-state index in [-0.39, 0.29) is 18.9 Å². The maximum atomic E-state index is 12.1. The van der Waals surface area contributed by atoms with Gasteiger partial charge in [0.1, 0.15) is 12.4 Å². The van der Waals surface area contributed by atoms with E-state index < -0.39 is 23.4 Å². The molecule has 0 unspecified atom stereocenters. The largest absolute Gasteiger partial charge is 0.481 e. The maximum absolute atomic E-state index is 12.1. The molecule has 10 heteroatoms. The highest BCUT2D eigenvalue weighted by molar-refractivity contribution is 5.88. The Morgan fingerprint density at radius 1 is 1.35 bits per heavy atom. The molecular formula is C16H21N5O5. The second-order valence-electron chi connectivity index (χ2n) is 6.63. The smallest absolute Gasteiger partial charge is 0.322 e. The number of likely N-dealkylation sites (tertiary alicyclic amines) is 1. The Bertz CT molecular complexity index is 731. The fourth-order valence-corrected chi connectivity index (χ4v) is 3.84. The molecule has 1 aromatic heterocycles. The molecule has 26 heavy (non-hydrogen) atoms. The lowest BCUT2D eigenvalue weighted by atomic mass is 9.77. The lowest BCUT2D eigenvalue weighted by Gasteiger charge is -2.45. The van der Waals surface area contributed by atoms with Crippen LogP contribution in [0.15, 0.2) is 12.3 Å². The Hall–Kier alpha value is -2.91. The quantitative estimate of drug-likeness (QED) is 0.653. The molecule has 1 aromatic rings. The van der Waals surface area contributed by atoms with Crippen molar-refractivity contribution < 1.29 is 24.6 Å². The van der Waals surface area contributed by atoms with Crippen LogP contribution in [-0.4, -0.2) is 75.1 Å². The van der Waals surface area contributed by atoms with Crippen molar-refractivity contribution >= 4 is 29.6 Å². The third-order valence-electron chi connectivity index (χ3n) is 5.34. The van der Waals surface area contributed by atoms with Gasteiger partial charge in [-0.15, -0.1) is 0 Å². The number of hydrogen-bond acceptors (Lipinski definition) is 7. The lowest BCUT2D eigenvalue weighted by molar-refractivity contribution is -0.145. The minimum atomic E-state index is -0.987. The molecule has 140 valence electrons. The van der Waals surface area contributed by atoms with Crippen molar-refractivity contribution in [2.45, 2.75) is 24.8 Å². The van der Waals surface area contributed by atoms with Crippen LogP contribution in [0.3, 0.4) is 0 Å². The van der Waals surface area contributed by atoms with Crippen LogP contribution in [-0.2, 0) is 14.4 Å². The highest BCUT2D eigenvalue weighted by Crippen LogP contribution is 2.43. The number of aromatic nitrogens is 2. The Balaban J connectivity index is 1.72. The van der Waals surface area contributed by atoms with Gasteiger partial charge in [0, 0.05) is 32.8 Å². The molecule has 1 spiro atoms. The maximum Gasteiger partial charge on any atom is 0.322 e. The predicted octanol–water partition coefficient (Wildman–Crippen LogP) is -0.125. The fraction of sp³-hybridized carbons (Fsp3) is 0.562. The van der Waals surface area contributed by atoms with Crippen LogP contribution in [0.4, 0.5) is 11.8 Å². The van der Waals surface area contributed by atoms with Gasteiger partial charge in [-0.3, -0.25) is 14.4 Å². The lowest BCUT2D eigenvalue weighted by Crippen LogP contribution is -2.56. The summed E-state index contributed by atoms with van der Waals surface area (Å²) in [7, 11) is 1.67. The van der Waals surface area contributed by atoms with Gasteiger partial charge in [0.25, 0.3) is 0 Å². The minimum absolute atomic E-state index is 0.0386. The molecule has 0 aromatic carbocycles. The van der Waals surface area contributed by atoms with Gasteiger partial charge in [-0.25, -0.2) is 4.98 Å². The molecule has 3 rings (SSSR count). The normalized spacial score (nSPS) is 21.9. The van der Waals surface area contributed by atoms with Gasteiger partial charge in [0.2, 0.25) is 11.9 Å². The molecule has 2 fully saturated rings. The van der Waals surface area contributed by atoms with Crippen molar-refractivity contribution in [2.24, 2.45) is 5.92 Å². The van der Waals surface area contributed by atoms with E-state index in [2.05, 4.69) is 15.3 Å². The van der Waals surface area contributed by atoms with Crippen molar-refractivity contribution in [3.05, 3.63) is 12.3 Å². The van der Waals surface area contributed by atoms with Crippen molar-refractivity contribution in [2.75, 3.05) is 36.9 Å². The molecule has 1 atom stereocenters. The number of anilines is 2. The summed E-state index contributed by atoms with van der Waals surface area (Å²) in [5.41, 5.74) is -0.668. The average molecular weight is 363 g/mol. The molecule has 2 aliphatic heterocycles. The second kappa shape index (κ2) is 6.77. The van der Waals surface area contributed by atoms with E-state index in [4.69, 9.17) is 5.11 Å². The Morgan fingerprint density at radius 3 is 2.65 bits per heavy atom. The van der Waals surface area contributed by atoms with Crippen LogP contribution in [0.2, 0.25) is 0 Å². The summed E-state index contributed by atoms with van der Waals surface area (Å²) >= 11 is 0. The van der Waals surface area contributed by atoms with Crippen molar-refractivity contribution in [1.82, 2.24) is 14.9 Å². The number of nitrogens with zero attached hydrogens (tertiary/aromatic N) is 4. The number of carboxylic acid groups (broad SMARTS) is 2. The number of aliphatic carboxylic acids is 2. The van der Waals surface area contributed by atoms with Crippen LogP contribution in [0.25, 0.3) is 0 Å². The van der Waals surface area contributed by atoms with Crippen LogP contribution in [0.5, 0.6) is 0 Å². The van der Waals surface area contributed by atoms with E-state index in [1.54, 1.807) is 24.2 Å². The van der Waals surface area contributed by atoms with Gasteiger partial charge >= 0.3 is 11.9 Å². The predicted molar refractivity (Wildman–Crippen MR) is 90.8 cm³/mol. The summed E-state index contributed by atoms with van der Waals surface area (Å²) in [6, 6.07) is 1.59. The summed E-state index contributed by atoms with van der Waals surface area (Å²) in [4.78, 5) is 46.4. The first-order chi connectivity index (χ1) is 12.3. The standard InChI is InChI=1S/C16H21N5O5/c1-20-12(22)8-10(14(25)26)16(20)3-6-21(7-4-16)15-17-5-2-11(19-15)18-9-13(23)24/h2,5,10H,3-4,6-9H2,1H3,(H,23,24)(H,25,26)(H,17,18,19)/t10-/m1/s1. The zero-order valence-corrected chi connectivity index (χ0v) is 14.4. The topological polar surface area (TPSA) is 136 Å². The Morgan fingerprint density at radius 2 is 2.04 bits per heavy atom. The molecule has 0 aliphatic carbocycles. The molecule has 0 saturated carbocycles. The SMILES string of the molecule is CN1C(=O)C[C@H](C(=O)O)C12CCN(c1nccc(NCC(=O)O)n1)CC2. The molecule has 3 N–H and O–H groups in total. The van der Waals surface area contributed by atoms with Crippen LogP contribution in [0.1, 0.15) is 19.3 Å². The summed E-state index contributed by atoms with van der Waals surface area (Å²) in [6.07, 6.45) is 2.61. The summed E-state index contributed by atoms with van der Waals surface area (Å²) in [6.45, 7) is 0.792. The summed E-state index contributed by atoms with van der Waals surface area (Å²) in [5, 5.41) is 20.9. The van der Waals surface area contributed by atoms with E-state index >= 15 is 0 Å². The molecule has 1 amide bonds. The van der Waals surface area contributed by atoms with Crippen molar-refractivity contribution in [1.29, 1.82) is 0 Å². The number of piperidine rings is 1. The second-order valence-corrected chi connectivity index (χ2v) is 6.63. The van der Waals surface area contributed by atoms with E-state index in [1.165, 1.54) is 0 Å². The number of carboxylic acids is 2. The molecule has 3 heterocycles. The zero-order valence-electron chi connectivity index (χ0n) is 14.4. The number of amides is 1. The van der Waals surface area contributed by atoms with Crippen molar-refractivity contribution in [3.63, 3.8) is 0 Å². The van der Waals surface area contributed by atoms with Crippen LogP contribution >= 0.6 is 0 Å². The summed E-state index contributed by atoms with van der Waals surface area (Å²) < 4.78 is 0. The number of carbonyl (C=O) groups excluding carboxylic acids is 1. The first kappa shape index (κ1) is 17.9. The third-order valence-corrected chi connectivity index (χ3v) is 5.34. The van der Waals surface area contributed by atoms with Gasteiger partial charge in [-0.05, 0) is 18.9 Å². The van der Waals surface area contributed by atoms with Gasteiger partial charge in [0.15, 0.2) is 0 Å². The molecule has 2 aliphatic rings. The number of carbonyl (C=O) groups is 3. The van der Waals surface area contributed by atoms with Gasteiger partial charge in [-0.1, -0.05) is 0 Å². The molecule has 2 saturated heterocycles. The van der Waals surface area contributed by atoms with Gasteiger partial charge in [0.05, 0.1) is 11.5 Å². The minimum Gasteiger partial charge on any atom is -0.481 e.